The van der Waals surface area contributed by atoms with E-state index in [1.54, 1.807) is 0 Å². The van der Waals surface area contributed by atoms with Gasteiger partial charge in [0.2, 0.25) is 11.9 Å². The lowest BCUT2D eigenvalue weighted by atomic mass is 9.64. The molecule has 164 valence electrons. The van der Waals surface area contributed by atoms with Crippen LogP contribution in [0.1, 0.15) is 36.5 Å². The molecule has 1 aromatic heterocycles. The summed E-state index contributed by atoms with van der Waals surface area (Å²) in [6.07, 6.45) is 5.26. The van der Waals surface area contributed by atoms with Gasteiger partial charge in [0.1, 0.15) is 0 Å². The smallest absolute Gasteiger partial charge is 0.222 e. The van der Waals surface area contributed by atoms with Gasteiger partial charge in [-0.1, -0.05) is 36.4 Å². The molecule has 1 spiro atoms. The zero-order valence-corrected chi connectivity index (χ0v) is 18.7. The highest BCUT2D eigenvalue weighted by Crippen LogP contribution is 2.48. The van der Waals surface area contributed by atoms with Crippen LogP contribution in [0.3, 0.4) is 0 Å². The minimum Gasteiger partial charge on any atom is -0.357 e. The molecule has 1 amide bonds. The number of nitrogens with one attached hydrogen (secondary N) is 2. The second-order valence-electron chi connectivity index (χ2n) is 8.97. The van der Waals surface area contributed by atoms with Gasteiger partial charge >= 0.3 is 0 Å². The third kappa shape index (κ3) is 3.86. The number of nitrogens with zero attached hydrogens (tertiary/aromatic N) is 3. The van der Waals surface area contributed by atoms with Gasteiger partial charge in [-0.2, -0.15) is 0 Å². The summed E-state index contributed by atoms with van der Waals surface area (Å²) in [7, 11) is 1.86. The van der Waals surface area contributed by atoms with Crippen molar-refractivity contribution in [2.75, 3.05) is 30.8 Å². The molecule has 0 saturated carbocycles. The first kappa shape index (κ1) is 20.6. The molecule has 1 fully saturated rings. The summed E-state index contributed by atoms with van der Waals surface area (Å²) in [6, 6.07) is 17.0. The molecule has 0 unspecified atom stereocenters. The van der Waals surface area contributed by atoms with Gasteiger partial charge in [0.05, 0.1) is 5.69 Å². The van der Waals surface area contributed by atoms with Crippen molar-refractivity contribution >= 4 is 17.5 Å². The van der Waals surface area contributed by atoms with Crippen molar-refractivity contribution in [1.82, 2.24) is 14.9 Å². The zero-order chi connectivity index (χ0) is 22.1. The Hall–Kier alpha value is -3.25. The SMILES string of the molecule is CNc1ncc2c(n1)-c1ccccc1C1(CCN(Cc3ccc(NC(C)=O)cc3)CC1)C2. The van der Waals surface area contributed by atoms with Crippen molar-refractivity contribution < 1.29 is 4.79 Å². The highest BCUT2D eigenvalue weighted by Gasteiger charge is 2.41. The van der Waals surface area contributed by atoms with E-state index in [-0.39, 0.29) is 11.3 Å². The lowest BCUT2D eigenvalue weighted by molar-refractivity contribution is -0.114. The van der Waals surface area contributed by atoms with Gasteiger partial charge < -0.3 is 10.6 Å². The first-order chi connectivity index (χ1) is 15.6. The standard InChI is InChI=1S/C26H29N5O/c1-18(32)29-21-9-7-19(8-10-21)17-31-13-11-26(12-14-31)15-20-16-28-25(27-2)30-24(20)22-5-3-4-6-23(22)26/h3-10,16H,11-15,17H2,1-2H3,(H,29,32)(H,27,28,30). The van der Waals surface area contributed by atoms with Gasteiger partial charge in [-0.3, -0.25) is 9.69 Å². The Morgan fingerprint density at radius 3 is 2.56 bits per heavy atom. The molecule has 1 saturated heterocycles. The number of amides is 1. The lowest BCUT2D eigenvalue weighted by Gasteiger charge is -2.45. The summed E-state index contributed by atoms with van der Waals surface area (Å²) in [5.41, 5.74) is 7.30. The maximum atomic E-state index is 11.2. The minimum absolute atomic E-state index is 0.0407. The van der Waals surface area contributed by atoms with Crippen molar-refractivity contribution in [2.24, 2.45) is 0 Å². The number of carbonyl (C=O) groups is 1. The molecule has 0 radical (unpaired) electrons. The van der Waals surface area contributed by atoms with E-state index in [1.807, 2.05) is 25.4 Å². The van der Waals surface area contributed by atoms with Crippen molar-refractivity contribution in [2.45, 2.75) is 38.1 Å². The fraction of sp³-hybridized carbons (Fsp3) is 0.346. The summed E-state index contributed by atoms with van der Waals surface area (Å²) in [5.74, 6) is 0.634. The second-order valence-corrected chi connectivity index (χ2v) is 8.97. The Morgan fingerprint density at radius 2 is 1.84 bits per heavy atom. The Labute approximate surface area is 189 Å². The van der Waals surface area contributed by atoms with Crippen LogP contribution in [0.25, 0.3) is 11.3 Å². The average Bonchev–Trinajstić information content (AvgIpc) is 2.82. The maximum Gasteiger partial charge on any atom is 0.222 e. The number of aromatic nitrogens is 2. The first-order valence-corrected chi connectivity index (χ1v) is 11.3. The van der Waals surface area contributed by atoms with Crippen molar-refractivity contribution in [1.29, 1.82) is 0 Å². The summed E-state index contributed by atoms with van der Waals surface area (Å²) in [5, 5.41) is 5.90. The van der Waals surface area contributed by atoms with Crippen LogP contribution in [-0.4, -0.2) is 40.9 Å². The van der Waals surface area contributed by atoms with Crippen LogP contribution < -0.4 is 10.6 Å². The molecular formula is C26H29N5O. The van der Waals surface area contributed by atoms with E-state index < -0.39 is 0 Å². The summed E-state index contributed by atoms with van der Waals surface area (Å²) >= 11 is 0. The molecule has 2 N–H and O–H groups in total. The third-order valence-corrected chi connectivity index (χ3v) is 6.86. The summed E-state index contributed by atoms with van der Waals surface area (Å²) in [4.78, 5) is 23.1. The largest absolute Gasteiger partial charge is 0.357 e. The Kier molecular flexibility index (Phi) is 5.39. The van der Waals surface area contributed by atoms with Crippen LogP contribution in [0.4, 0.5) is 11.6 Å². The highest BCUT2D eigenvalue weighted by atomic mass is 16.1. The van der Waals surface area contributed by atoms with E-state index in [1.165, 1.54) is 29.2 Å². The first-order valence-electron chi connectivity index (χ1n) is 11.3. The van der Waals surface area contributed by atoms with E-state index in [0.29, 0.717) is 5.95 Å². The maximum absolute atomic E-state index is 11.2. The normalized spacial score (nSPS) is 16.8. The number of benzene rings is 2. The van der Waals surface area contributed by atoms with Gasteiger partial charge in [0.25, 0.3) is 0 Å². The predicted molar refractivity (Wildman–Crippen MR) is 128 cm³/mol. The van der Waals surface area contributed by atoms with Crippen molar-refractivity contribution in [3.8, 4) is 11.3 Å². The quantitative estimate of drug-likeness (QED) is 0.652. The van der Waals surface area contributed by atoms with Crippen LogP contribution in [0.5, 0.6) is 0 Å². The number of carbonyl (C=O) groups excluding carboxylic acids is 1. The van der Waals surface area contributed by atoms with Crippen molar-refractivity contribution in [3.63, 3.8) is 0 Å². The lowest BCUT2D eigenvalue weighted by Crippen LogP contribution is -2.45. The molecule has 1 aliphatic carbocycles. The van der Waals surface area contributed by atoms with E-state index in [4.69, 9.17) is 4.98 Å². The van der Waals surface area contributed by atoms with Gasteiger partial charge in [-0.15, -0.1) is 0 Å². The summed E-state index contributed by atoms with van der Waals surface area (Å²) in [6.45, 7) is 4.59. The van der Waals surface area contributed by atoms with E-state index in [9.17, 15) is 4.79 Å². The summed E-state index contributed by atoms with van der Waals surface area (Å²) < 4.78 is 0. The van der Waals surface area contributed by atoms with Gasteiger partial charge in [-0.25, -0.2) is 9.97 Å². The number of rotatable bonds is 4. The monoisotopic (exact) mass is 427 g/mol. The third-order valence-electron chi connectivity index (χ3n) is 6.86. The van der Waals surface area contributed by atoms with Crippen LogP contribution >= 0.6 is 0 Å². The molecule has 2 aromatic carbocycles. The molecule has 6 heteroatoms. The number of likely N-dealkylation sites (tertiary alicyclic amines) is 1. The van der Waals surface area contributed by atoms with Crippen LogP contribution in [0.2, 0.25) is 0 Å². The molecule has 6 nitrogen and oxygen atoms in total. The fourth-order valence-corrected chi connectivity index (χ4v) is 5.24. The molecular weight excluding hydrogens is 398 g/mol. The number of fused-ring (bicyclic) bond motifs is 4. The Morgan fingerprint density at radius 1 is 1.09 bits per heavy atom. The average molecular weight is 428 g/mol. The molecule has 3 aromatic rings. The molecule has 1 aliphatic heterocycles. The number of hydrogen-bond donors (Lipinski definition) is 2. The molecule has 0 atom stereocenters. The Balaban J connectivity index is 1.33. The van der Waals surface area contributed by atoms with E-state index >= 15 is 0 Å². The number of hydrogen-bond acceptors (Lipinski definition) is 5. The molecule has 0 bridgehead atoms. The Bertz CT molecular complexity index is 1130. The molecule has 2 aliphatic rings. The number of anilines is 2. The molecule has 32 heavy (non-hydrogen) atoms. The molecule has 2 heterocycles. The van der Waals surface area contributed by atoms with Crippen LogP contribution in [0, 0.1) is 0 Å². The second kappa shape index (κ2) is 8.36. The topological polar surface area (TPSA) is 70.2 Å². The fourth-order valence-electron chi connectivity index (χ4n) is 5.24. The van der Waals surface area contributed by atoms with Gasteiger partial charge in [0.15, 0.2) is 0 Å². The minimum atomic E-state index is -0.0407. The van der Waals surface area contributed by atoms with Crippen LogP contribution in [0.15, 0.2) is 54.7 Å². The van der Waals surface area contributed by atoms with E-state index in [0.717, 1.165) is 50.3 Å². The number of piperidine rings is 1. The zero-order valence-electron chi connectivity index (χ0n) is 18.7. The van der Waals surface area contributed by atoms with Crippen LogP contribution in [-0.2, 0) is 23.2 Å². The van der Waals surface area contributed by atoms with Gasteiger partial charge in [0, 0.05) is 43.4 Å². The molecule has 5 rings (SSSR count). The highest BCUT2D eigenvalue weighted by molar-refractivity contribution is 5.88. The van der Waals surface area contributed by atoms with E-state index in [2.05, 4.69) is 56.9 Å². The van der Waals surface area contributed by atoms with Crippen molar-refractivity contribution in [3.05, 3.63) is 71.4 Å². The van der Waals surface area contributed by atoms with Gasteiger partial charge in [-0.05, 0) is 61.2 Å². The predicted octanol–water partition coefficient (Wildman–Crippen LogP) is 4.23.